The molecule has 3 rings (SSSR count). The summed E-state index contributed by atoms with van der Waals surface area (Å²) < 4.78 is 0. The topological polar surface area (TPSA) is 73.2 Å². The van der Waals surface area contributed by atoms with Gasteiger partial charge in [0, 0.05) is 24.0 Å². The molecule has 0 radical (unpaired) electrons. The molecule has 1 atom stereocenters. The van der Waals surface area contributed by atoms with Crippen molar-refractivity contribution in [3.8, 4) is 6.07 Å². The minimum Gasteiger partial charge on any atom is -0.354 e. The lowest BCUT2D eigenvalue weighted by Gasteiger charge is -2.25. The van der Waals surface area contributed by atoms with Crippen molar-refractivity contribution in [2.24, 2.45) is 0 Å². The summed E-state index contributed by atoms with van der Waals surface area (Å²) in [6.45, 7) is 1.07. The van der Waals surface area contributed by atoms with E-state index in [0.717, 1.165) is 18.4 Å². The standard InChI is InChI=1S/C13H13N3O2S/c14-5-8-7-19-11-9(8)6-16(13(11)18)10-3-1-2-4-15-12(10)17/h7,10H,1-4,6H2,(H,15,17)/t10-/m0/s1. The van der Waals surface area contributed by atoms with Crippen LogP contribution in [0.25, 0.3) is 0 Å². The zero-order valence-corrected chi connectivity index (χ0v) is 11.1. The first-order valence-corrected chi connectivity index (χ1v) is 7.19. The minimum atomic E-state index is -0.388. The smallest absolute Gasteiger partial charge is 0.265 e. The first-order valence-electron chi connectivity index (χ1n) is 6.31. The highest BCUT2D eigenvalue weighted by Gasteiger charge is 2.38. The van der Waals surface area contributed by atoms with Crippen molar-refractivity contribution in [1.82, 2.24) is 10.2 Å². The fourth-order valence-electron chi connectivity index (χ4n) is 2.66. The van der Waals surface area contributed by atoms with Gasteiger partial charge in [0.1, 0.15) is 12.1 Å². The molecule has 3 heterocycles. The van der Waals surface area contributed by atoms with Crippen LogP contribution in [0.3, 0.4) is 0 Å². The quantitative estimate of drug-likeness (QED) is 0.838. The zero-order valence-electron chi connectivity index (χ0n) is 10.3. The molecule has 0 aromatic carbocycles. The van der Waals surface area contributed by atoms with Gasteiger partial charge in [-0.05, 0) is 19.3 Å². The lowest BCUT2D eigenvalue weighted by Crippen LogP contribution is -2.45. The van der Waals surface area contributed by atoms with Crippen LogP contribution in [0.2, 0.25) is 0 Å². The Bertz CT molecular complexity index is 587. The molecule has 0 aliphatic carbocycles. The lowest BCUT2D eigenvalue weighted by atomic mass is 10.1. The van der Waals surface area contributed by atoms with Gasteiger partial charge in [0.2, 0.25) is 5.91 Å². The van der Waals surface area contributed by atoms with Crippen molar-refractivity contribution in [3.63, 3.8) is 0 Å². The molecular formula is C13H13N3O2S. The van der Waals surface area contributed by atoms with Crippen LogP contribution in [0.4, 0.5) is 0 Å². The fourth-order valence-corrected chi connectivity index (χ4v) is 3.62. The molecule has 5 nitrogen and oxygen atoms in total. The molecule has 0 bridgehead atoms. The van der Waals surface area contributed by atoms with E-state index in [1.807, 2.05) is 0 Å². The van der Waals surface area contributed by atoms with Gasteiger partial charge in [-0.15, -0.1) is 11.3 Å². The van der Waals surface area contributed by atoms with E-state index in [1.165, 1.54) is 11.3 Å². The molecular weight excluding hydrogens is 262 g/mol. The van der Waals surface area contributed by atoms with Crippen molar-refractivity contribution >= 4 is 23.2 Å². The Morgan fingerprint density at radius 3 is 3.05 bits per heavy atom. The number of hydrogen-bond acceptors (Lipinski definition) is 4. The summed E-state index contributed by atoms with van der Waals surface area (Å²) in [5.74, 6) is -0.178. The Hall–Kier alpha value is -1.87. The summed E-state index contributed by atoms with van der Waals surface area (Å²) in [6.07, 6.45) is 2.59. The first-order chi connectivity index (χ1) is 9.22. The van der Waals surface area contributed by atoms with Gasteiger partial charge >= 0.3 is 0 Å². The summed E-state index contributed by atoms with van der Waals surface area (Å²) >= 11 is 1.30. The number of nitrogens with one attached hydrogen (secondary N) is 1. The predicted molar refractivity (Wildman–Crippen MR) is 69.6 cm³/mol. The van der Waals surface area contributed by atoms with Gasteiger partial charge in [0.25, 0.3) is 5.91 Å². The van der Waals surface area contributed by atoms with Crippen molar-refractivity contribution in [1.29, 1.82) is 5.26 Å². The molecule has 0 saturated carbocycles. The largest absolute Gasteiger partial charge is 0.354 e. The van der Waals surface area contributed by atoms with Gasteiger partial charge in [-0.1, -0.05) is 0 Å². The highest BCUT2D eigenvalue weighted by atomic mass is 32.1. The molecule has 2 amide bonds. The van der Waals surface area contributed by atoms with Crippen LogP contribution in [0.1, 0.15) is 40.1 Å². The third kappa shape index (κ3) is 1.90. The molecule has 1 saturated heterocycles. The third-order valence-electron chi connectivity index (χ3n) is 3.68. The summed E-state index contributed by atoms with van der Waals surface area (Å²) in [7, 11) is 0. The number of nitrogens with zero attached hydrogens (tertiary/aromatic N) is 2. The molecule has 0 spiro atoms. The monoisotopic (exact) mass is 275 g/mol. The van der Waals surface area contributed by atoms with E-state index in [1.54, 1.807) is 10.3 Å². The number of carbonyl (C=O) groups excluding carboxylic acids is 2. The van der Waals surface area contributed by atoms with Crippen molar-refractivity contribution < 1.29 is 9.59 Å². The van der Waals surface area contributed by atoms with Gasteiger partial charge in [0.15, 0.2) is 0 Å². The average molecular weight is 275 g/mol. The summed E-state index contributed by atoms with van der Waals surface area (Å²) in [5, 5.41) is 13.6. The molecule has 6 heteroatoms. The molecule has 19 heavy (non-hydrogen) atoms. The van der Waals surface area contributed by atoms with E-state index in [0.29, 0.717) is 30.0 Å². The predicted octanol–water partition coefficient (Wildman–Crippen LogP) is 1.24. The van der Waals surface area contributed by atoms with E-state index in [2.05, 4.69) is 11.4 Å². The molecule has 98 valence electrons. The number of carbonyl (C=O) groups is 2. The maximum absolute atomic E-state index is 12.3. The second-order valence-electron chi connectivity index (χ2n) is 4.80. The maximum Gasteiger partial charge on any atom is 0.265 e. The average Bonchev–Trinajstić information content (AvgIpc) is 2.87. The molecule has 0 unspecified atom stereocenters. The van der Waals surface area contributed by atoms with Crippen LogP contribution in [-0.2, 0) is 11.3 Å². The lowest BCUT2D eigenvalue weighted by molar-refractivity contribution is -0.125. The molecule has 1 aromatic heterocycles. The fraction of sp³-hybridized carbons (Fsp3) is 0.462. The number of rotatable bonds is 1. The Morgan fingerprint density at radius 2 is 2.26 bits per heavy atom. The van der Waals surface area contributed by atoms with Crippen molar-refractivity contribution in [2.75, 3.05) is 6.54 Å². The third-order valence-corrected chi connectivity index (χ3v) is 4.69. The SMILES string of the molecule is N#Cc1csc2c1CN([C@H]1CCCCNC1=O)C2=O. The van der Waals surface area contributed by atoms with Crippen LogP contribution < -0.4 is 5.32 Å². The van der Waals surface area contributed by atoms with Crippen LogP contribution in [0.5, 0.6) is 0 Å². The van der Waals surface area contributed by atoms with Gasteiger partial charge in [-0.25, -0.2) is 0 Å². The number of thiophene rings is 1. The Labute approximate surface area is 114 Å². The van der Waals surface area contributed by atoms with Gasteiger partial charge in [-0.2, -0.15) is 5.26 Å². The molecule has 1 aromatic rings. The Balaban J connectivity index is 1.88. The highest BCUT2D eigenvalue weighted by Crippen LogP contribution is 2.33. The Morgan fingerprint density at radius 1 is 1.42 bits per heavy atom. The van der Waals surface area contributed by atoms with Crippen LogP contribution in [-0.4, -0.2) is 29.3 Å². The number of amides is 2. The number of nitriles is 1. The van der Waals surface area contributed by atoms with E-state index >= 15 is 0 Å². The molecule has 2 aliphatic rings. The number of hydrogen-bond donors (Lipinski definition) is 1. The zero-order chi connectivity index (χ0) is 13.4. The van der Waals surface area contributed by atoms with E-state index < -0.39 is 0 Å². The van der Waals surface area contributed by atoms with Crippen LogP contribution in [0.15, 0.2) is 5.38 Å². The minimum absolute atomic E-state index is 0.0699. The van der Waals surface area contributed by atoms with Crippen LogP contribution in [0, 0.1) is 11.3 Å². The van der Waals surface area contributed by atoms with Gasteiger partial charge < -0.3 is 10.2 Å². The summed E-state index contributed by atoms with van der Waals surface area (Å²) in [4.78, 5) is 26.6. The van der Waals surface area contributed by atoms with Gasteiger partial charge in [-0.3, -0.25) is 9.59 Å². The summed E-state index contributed by atoms with van der Waals surface area (Å²) in [5.41, 5.74) is 1.35. The van der Waals surface area contributed by atoms with E-state index in [-0.39, 0.29) is 17.9 Å². The highest BCUT2D eigenvalue weighted by molar-refractivity contribution is 7.12. The number of fused-ring (bicyclic) bond motifs is 1. The molecule has 2 aliphatic heterocycles. The van der Waals surface area contributed by atoms with Crippen molar-refractivity contribution in [2.45, 2.75) is 31.8 Å². The van der Waals surface area contributed by atoms with E-state index in [4.69, 9.17) is 5.26 Å². The van der Waals surface area contributed by atoms with Crippen molar-refractivity contribution in [3.05, 3.63) is 21.4 Å². The normalized spacial score (nSPS) is 22.7. The van der Waals surface area contributed by atoms with E-state index in [9.17, 15) is 9.59 Å². The maximum atomic E-state index is 12.3. The first kappa shape index (κ1) is 12.2. The summed E-state index contributed by atoms with van der Waals surface area (Å²) in [6, 6.07) is 1.72. The van der Waals surface area contributed by atoms with Gasteiger partial charge in [0.05, 0.1) is 10.4 Å². The van der Waals surface area contributed by atoms with Crippen LogP contribution >= 0.6 is 11.3 Å². The Kier molecular flexibility index (Phi) is 2.99. The molecule has 1 fully saturated rings. The second-order valence-corrected chi connectivity index (χ2v) is 5.68. The molecule has 1 N–H and O–H groups in total. The second kappa shape index (κ2) is 4.67.